The van der Waals surface area contributed by atoms with Crippen LogP contribution in [-0.4, -0.2) is 41.3 Å². The third-order valence-electron chi connectivity index (χ3n) is 4.19. The lowest BCUT2D eigenvalue weighted by Crippen LogP contribution is -2.45. The molecular weight excluding hydrogens is 332 g/mol. The smallest absolute Gasteiger partial charge is 0.230 e. The minimum atomic E-state index is 0.491. The highest BCUT2D eigenvalue weighted by Crippen LogP contribution is 2.26. The van der Waals surface area contributed by atoms with Gasteiger partial charge in [0.25, 0.3) is 0 Å². The molecule has 1 aliphatic rings. The average Bonchev–Trinajstić information content (AvgIpc) is 3.16. The Hall–Kier alpha value is -3.13. The van der Waals surface area contributed by atoms with E-state index in [9.17, 15) is 0 Å². The molecule has 3 heterocycles. The number of hydrogen-bond acceptors (Lipinski definition) is 8. The molecular formula is C18H20N6O2. The first kappa shape index (κ1) is 16.3. The number of methoxy groups -OCH3 is 1. The lowest BCUT2D eigenvalue weighted by atomic mass is 10.2. The maximum Gasteiger partial charge on any atom is 0.230 e. The summed E-state index contributed by atoms with van der Waals surface area (Å²) < 4.78 is 10.8. The van der Waals surface area contributed by atoms with Gasteiger partial charge in [0, 0.05) is 5.39 Å². The summed E-state index contributed by atoms with van der Waals surface area (Å²) in [6.07, 6.45) is 1.68. The molecule has 0 unspecified atom stereocenters. The van der Waals surface area contributed by atoms with Crippen molar-refractivity contribution in [2.24, 2.45) is 4.99 Å². The van der Waals surface area contributed by atoms with Gasteiger partial charge in [-0.15, -0.1) is 0 Å². The first-order chi connectivity index (χ1) is 12.7. The van der Waals surface area contributed by atoms with Crippen molar-refractivity contribution >= 4 is 22.8 Å². The molecule has 134 valence electrons. The molecule has 8 heteroatoms. The molecule has 0 saturated heterocycles. The lowest BCUT2D eigenvalue weighted by molar-refractivity contribution is 0.236. The van der Waals surface area contributed by atoms with Gasteiger partial charge in [0.2, 0.25) is 11.9 Å². The predicted molar refractivity (Wildman–Crippen MR) is 99.0 cm³/mol. The van der Waals surface area contributed by atoms with Crippen molar-refractivity contribution < 1.29 is 9.15 Å². The number of aromatic nitrogens is 2. The highest BCUT2D eigenvalue weighted by atomic mass is 16.5. The van der Waals surface area contributed by atoms with E-state index >= 15 is 0 Å². The normalized spacial score (nSPS) is 14.8. The predicted octanol–water partition coefficient (Wildman–Crippen LogP) is 2.33. The molecule has 0 fully saturated rings. The maximum atomic E-state index is 5.41. The van der Waals surface area contributed by atoms with E-state index in [-0.39, 0.29) is 0 Å². The van der Waals surface area contributed by atoms with Gasteiger partial charge in [0.15, 0.2) is 0 Å². The minimum absolute atomic E-state index is 0.491. The zero-order chi connectivity index (χ0) is 17.9. The molecule has 0 atom stereocenters. The fourth-order valence-electron chi connectivity index (χ4n) is 2.88. The number of fused-ring (bicyclic) bond motifs is 1. The Morgan fingerprint density at radius 3 is 2.92 bits per heavy atom. The Bertz CT molecular complexity index is 938. The second kappa shape index (κ2) is 7.01. The Morgan fingerprint density at radius 2 is 2.19 bits per heavy atom. The Morgan fingerprint density at radius 1 is 1.27 bits per heavy atom. The van der Waals surface area contributed by atoms with Crippen molar-refractivity contribution in [1.29, 1.82) is 0 Å². The highest BCUT2D eigenvalue weighted by Gasteiger charge is 2.15. The van der Waals surface area contributed by atoms with Gasteiger partial charge in [-0.25, -0.2) is 15.0 Å². The van der Waals surface area contributed by atoms with Gasteiger partial charge in [-0.1, -0.05) is 12.1 Å². The largest absolute Gasteiger partial charge is 0.494 e. The lowest BCUT2D eigenvalue weighted by Gasteiger charge is -2.26. The molecule has 1 aliphatic heterocycles. The van der Waals surface area contributed by atoms with Crippen molar-refractivity contribution in [2.75, 3.05) is 25.8 Å². The topological polar surface area (TPSA) is 87.8 Å². The zero-order valence-corrected chi connectivity index (χ0v) is 14.7. The molecule has 0 saturated carbocycles. The van der Waals surface area contributed by atoms with Crippen LogP contribution in [0, 0.1) is 6.92 Å². The van der Waals surface area contributed by atoms with E-state index in [1.165, 1.54) is 0 Å². The number of ether oxygens (including phenoxy) is 1. The summed E-state index contributed by atoms with van der Waals surface area (Å²) in [5, 5.41) is 7.36. The molecule has 0 bridgehead atoms. The van der Waals surface area contributed by atoms with Crippen LogP contribution in [0.2, 0.25) is 0 Å². The van der Waals surface area contributed by atoms with Gasteiger partial charge in [-0.2, -0.15) is 0 Å². The molecule has 4 rings (SSSR count). The van der Waals surface area contributed by atoms with Crippen LogP contribution < -0.4 is 15.4 Å². The summed E-state index contributed by atoms with van der Waals surface area (Å²) in [7, 11) is 1.64. The zero-order valence-electron chi connectivity index (χ0n) is 14.7. The van der Waals surface area contributed by atoms with Crippen molar-refractivity contribution in [1.82, 2.24) is 20.2 Å². The number of nitrogens with zero attached hydrogens (tertiary/aromatic N) is 4. The number of hydrogen-bond donors (Lipinski definition) is 2. The van der Waals surface area contributed by atoms with Gasteiger partial charge in [0.1, 0.15) is 17.0 Å². The van der Waals surface area contributed by atoms with Crippen LogP contribution >= 0.6 is 0 Å². The fourth-order valence-corrected chi connectivity index (χ4v) is 2.88. The number of anilines is 1. The van der Waals surface area contributed by atoms with Crippen molar-refractivity contribution in [2.45, 2.75) is 13.5 Å². The SMILES string of the molecule is COc1cccc2c(C)nc(NC3=NCN(Cc4ccco4)CN3)nc12. The van der Waals surface area contributed by atoms with E-state index in [2.05, 4.69) is 30.5 Å². The van der Waals surface area contributed by atoms with Crippen LogP contribution in [0.15, 0.2) is 46.0 Å². The molecule has 0 spiro atoms. The first-order valence-electron chi connectivity index (χ1n) is 8.34. The monoisotopic (exact) mass is 352 g/mol. The van der Waals surface area contributed by atoms with E-state index in [4.69, 9.17) is 9.15 Å². The van der Waals surface area contributed by atoms with Crippen LogP contribution in [0.5, 0.6) is 5.75 Å². The van der Waals surface area contributed by atoms with Gasteiger partial charge in [-0.05, 0) is 25.1 Å². The van der Waals surface area contributed by atoms with E-state index in [1.54, 1.807) is 13.4 Å². The summed E-state index contributed by atoms with van der Waals surface area (Å²) in [6.45, 7) is 3.88. The molecule has 0 aliphatic carbocycles. The van der Waals surface area contributed by atoms with E-state index in [0.29, 0.717) is 31.8 Å². The molecule has 0 radical (unpaired) electrons. The highest BCUT2D eigenvalue weighted by molar-refractivity contribution is 5.94. The number of benzene rings is 1. The summed E-state index contributed by atoms with van der Waals surface area (Å²) in [5.74, 6) is 2.78. The summed E-state index contributed by atoms with van der Waals surface area (Å²) in [4.78, 5) is 15.7. The van der Waals surface area contributed by atoms with Crippen LogP contribution in [0.1, 0.15) is 11.5 Å². The Balaban J connectivity index is 1.50. The Kier molecular flexibility index (Phi) is 4.40. The van der Waals surface area contributed by atoms with E-state index in [0.717, 1.165) is 28.1 Å². The molecule has 3 aromatic rings. The standard InChI is InChI=1S/C18H20N6O2/c1-12-14-6-3-7-15(25-2)16(14)22-18(21-12)23-17-19-10-24(11-20-17)9-13-5-4-8-26-13/h3-8H,9-11H2,1-2H3,(H2,19,20,21,22,23). The van der Waals surface area contributed by atoms with Crippen LogP contribution in [0.25, 0.3) is 10.9 Å². The molecule has 2 N–H and O–H groups in total. The number of nitrogens with one attached hydrogen (secondary N) is 2. The minimum Gasteiger partial charge on any atom is -0.494 e. The summed E-state index contributed by atoms with van der Waals surface area (Å²) >= 11 is 0. The number of rotatable bonds is 4. The molecule has 2 aromatic heterocycles. The molecule has 8 nitrogen and oxygen atoms in total. The first-order valence-corrected chi connectivity index (χ1v) is 8.34. The maximum absolute atomic E-state index is 5.41. The summed E-state index contributed by atoms with van der Waals surface area (Å²) in [6, 6.07) is 9.65. The van der Waals surface area contributed by atoms with Crippen molar-refractivity contribution in [3.63, 3.8) is 0 Å². The third-order valence-corrected chi connectivity index (χ3v) is 4.19. The van der Waals surface area contributed by atoms with E-state index in [1.807, 2.05) is 37.3 Å². The van der Waals surface area contributed by atoms with E-state index < -0.39 is 0 Å². The Labute approximate surface area is 150 Å². The number of furan rings is 1. The molecule has 0 amide bonds. The summed E-state index contributed by atoms with van der Waals surface area (Å²) in [5.41, 5.74) is 1.66. The van der Waals surface area contributed by atoms with Crippen LogP contribution in [-0.2, 0) is 6.54 Å². The average molecular weight is 352 g/mol. The van der Waals surface area contributed by atoms with Crippen LogP contribution in [0.3, 0.4) is 0 Å². The quantitative estimate of drug-likeness (QED) is 0.745. The molecule has 26 heavy (non-hydrogen) atoms. The van der Waals surface area contributed by atoms with Crippen LogP contribution in [0.4, 0.5) is 5.95 Å². The van der Waals surface area contributed by atoms with Crippen molar-refractivity contribution in [3.05, 3.63) is 48.0 Å². The fraction of sp³-hybridized carbons (Fsp3) is 0.278. The number of aryl methyl sites for hydroxylation is 1. The number of aliphatic imine (C=N–C) groups is 1. The van der Waals surface area contributed by atoms with Gasteiger partial charge < -0.3 is 14.5 Å². The third kappa shape index (κ3) is 3.31. The van der Waals surface area contributed by atoms with Crippen molar-refractivity contribution in [3.8, 4) is 5.75 Å². The van der Waals surface area contributed by atoms with Gasteiger partial charge >= 0.3 is 0 Å². The second-order valence-corrected chi connectivity index (χ2v) is 6.01. The number of para-hydroxylation sites is 1. The second-order valence-electron chi connectivity index (χ2n) is 6.01. The van der Waals surface area contributed by atoms with Gasteiger partial charge in [-0.3, -0.25) is 10.2 Å². The van der Waals surface area contributed by atoms with Gasteiger partial charge in [0.05, 0.1) is 38.9 Å². The molecule has 1 aromatic carbocycles. The number of guanidine groups is 1.